The molecule has 0 bridgehead atoms. The summed E-state index contributed by atoms with van der Waals surface area (Å²) in [7, 11) is 0. The molecule has 0 aliphatic rings. The molecule has 2 N–H and O–H groups in total. The van der Waals surface area contributed by atoms with Crippen molar-refractivity contribution in [2.75, 3.05) is 5.73 Å². The van der Waals surface area contributed by atoms with Crippen molar-refractivity contribution >= 4 is 17.3 Å². The number of tetrazole rings is 1. The summed E-state index contributed by atoms with van der Waals surface area (Å²) >= 11 is 6.25. The number of hydrogen-bond donors (Lipinski definition) is 1. The lowest BCUT2D eigenvalue weighted by Crippen LogP contribution is -2.17. The van der Waals surface area contributed by atoms with Crippen molar-refractivity contribution in [3.63, 3.8) is 0 Å². The van der Waals surface area contributed by atoms with Crippen molar-refractivity contribution in [1.82, 2.24) is 20.2 Å². The van der Waals surface area contributed by atoms with Gasteiger partial charge in [-0.15, -0.1) is 5.10 Å². The van der Waals surface area contributed by atoms with E-state index in [0.717, 1.165) is 12.0 Å². The summed E-state index contributed by atoms with van der Waals surface area (Å²) in [6.45, 7) is 6.43. The highest BCUT2D eigenvalue weighted by molar-refractivity contribution is 6.35. The van der Waals surface area contributed by atoms with Gasteiger partial charge in [-0.2, -0.15) is 0 Å². The Balaban J connectivity index is 2.53. The summed E-state index contributed by atoms with van der Waals surface area (Å²) in [5.41, 5.74) is 7.14. The highest BCUT2D eigenvalue weighted by Crippen LogP contribution is 2.33. The first kappa shape index (κ1) is 13.8. The van der Waals surface area contributed by atoms with Crippen LogP contribution in [0.2, 0.25) is 5.02 Å². The zero-order chi connectivity index (χ0) is 14.0. The Morgan fingerprint density at radius 1 is 1.37 bits per heavy atom. The molecule has 0 spiro atoms. The smallest absolute Gasteiger partial charge is 0.183 e. The van der Waals surface area contributed by atoms with Crippen LogP contribution in [0.4, 0.5) is 5.69 Å². The molecule has 0 saturated carbocycles. The van der Waals surface area contributed by atoms with Gasteiger partial charge in [0.15, 0.2) is 5.82 Å². The van der Waals surface area contributed by atoms with E-state index in [-0.39, 0.29) is 6.04 Å². The first-order valence-corrected chi connectivity index (χ1v) is 6.76. The van der Waals surface area contributed by atoms with E-state index in [2.05, 4.69) is 36.3 Å². The third kappa shape index (κ3) is 2.56. The summed E-state index contributed by atoms with van der Waals surface area (Å²) in [5, 5.41) is 12.5. The van der Waals surface area contributed by atoms with Crippen molar-refractivity contribution < 1.29 is 0 Å². The third-order valence-corrected chi connectivity index (χ3v) is 3.69. The lowest BCUT2D eigenvalue weighted by atomic mass is 10.0. The van der Waals surface area contributed by atoms with Crippen molar-refractivity contribution in [1.29, 1.82) is 0 Å². The fourth-order valence-electron chi connectivity index (χ4n) is 2.24. The molecule has 0 aliphatic carbocycles. The molecule has 1 unspecified atom stereocenters. The second-order valence-electron chi connectivity index (χ2n) is 4.88. The fraction of sp³-hybridized carbons (Fsp3) is 0.462. The Morgan fingerprint density at radius 3 is 2.74 bits per heavy atom. The first-order chi connectivity index (χ1) is 9.06. The van der Waals surface area contributed by atoms with Crippen molar-refractivity contribution in [2.45, 2.75) is 33.2 Å². The largest absolute Gasteiger partial charge is 0.398 e. The van der Waals surface area contributed by atoms with E-state index in [0.29, 0.717) is 22.5 Å². The Kier molecular flexibility index (Phi) is 4.04. The predicted molar refractivity (Wildman–Crippen MR) is 76.8 cm³/mol. The topological polar surface area (TPSA) is 69.6 Å². The Hall–Kier alpha value is -1.62. The van der Waals surface area contributed by atoms with Gasteiger partial charge in [-0.3, -0.25) is 0 Å². The van der Waals surface area contributed by atoms with Gasteiger partial charge < -0.3 is 5.73 Å². The number of nitrogens with zero attached hydrogens (tertiary/aromatic N) is 4. The van der Waals surface area contributed by atoms with E-state index in [1.165, 1.54) is 0 Å². The van der Waals surface area contributed by atoms with Crippen LogP contribution >= 0.6 is 11.6 Å². The summed E-state index contributed by atoms with van der Waals surface area (Å²) in [6, 6.07) is 5.74. The van der Waals surface area contributed by atoms with Crippen molar-refractivity contribution in [2.24, 2.45) is 5.92 Å². The van der Waals surface area contributed by atoms with Gasteiger partial charge in [0.25, 0.3) is 0 Å². The zero-order valence-corrected chi connectivity index (χ0v) is 12.1. The lowest BCUT2D eigenvalue weighted by Gasteiger charge is -2.20. The van der Waals surface area contributed by atoms with Gasteiger partial charge in [0.2, 0.25) is 0 Å². The van der Waals surface area contributed by atoms with Crippen LogP contribution in [0.1, 0.15) is 33.2 Å². The fourth-order valence-corrected chi connectivity index (χ4v) is 2.45. The molecule has 2 aromatic rings. The minimum Gasteiger partial charge on any atom is -0.398 e. The maximum atomic E-state index is 6.25. The second-order valence-corrected chi connectivity index (χ2v) is 5.25. The standard InChI is InChI=1S/C13H18ClN5/c1-4-11(8(2)3)19-13(16-17-18-19)9-6-5-7-10(15)12(9)14/h5-8,11H,4,15H2,1-3H3. The van der Waals surface area contributed by atoms with Crippen LogP contribution < -0.4 is 5.73 Å². The van der Waals surface area contributed by atoms with Crippen LogP contribution in [0.25, 0.3) is 11.4 Å². The molecule has 0 aliphatic heterocycles. The normalized spacial score (nSPS) is 12.9. The van der Waals surface area contributed by atoms with Crippen LogP contribution in [-0.2, 0) is 0 Å². The molecule has 102 valence electrons. The molecular formula is C13H18ClN5. The Labute approximate surface area is 117 Å². The summed E-state index contributed by atoms with van der Waals surface area (Å²) in [6.07, 6.45) is 0.954. The van der Waals surface area contributed by atoms with Crippen LogP contribution in [0.3, 0.4) is 0 Å². The number of aromatic nitrogens is 4. The molecule has 6 heteroatoms. The average Bonchev–Trinajstić information content (AvgIpc) is 2.82. The predicted octanol–water partition coefficient (Wildman–Crippen LogP) is 3.18. The van der Waals surface area contributed by atoms with Crippen molar-refractivity contribution in [3.8, 4) is 11.4 Å². The maximum Gasteiger partial charge on any atom is 0.183 e. The summed E-state index contributed by atoms with van der Waals surface area (Å²) in [5.74, 6) is 1.10. The van der Waals surface area contributed by atoms with Gasteiger partial charge in [0.05, 0.1) is 16.8 Å². The zero-order valence-electron chi connectivity index (χ0n) is 11.3. The first-order valence-electron chi connectivity index (χ1n) is 6.38. The van der Waals surface area contributed by atoms with Gasteiger partial charge in [-0.05, 0) is 34.9 Å². The molecule has 1 aromatic carbocycles. The third-order valence-electron chi connectivity index (χ3n) is 3.26. The molecule has 0 fully saturated rings. The number of nitrogen functional groups attached to an aromatic ring is 1. The van der Waals surface area contributed by atoms with Crippen molar-refractivity contribution in [3.05, 3.63) is 23.2 Å². The summed E-state index contributed by atoms with van der Waals surface area (Å²) in [4.78, 5) is 0. The van der Waals surface area contributed by atoms with E-state index in [1.54, 1.807) is 6.07 Å². The van der Waals surface area contributed by atoms with E-state index >= 15 is 0 Å². The van der Waals surface area contributed by atoms with Gasteiger partial charge in [-0.25, -0.2) is 4.68 Å². The molecule has 1 aromatic heterocycles. The van der Waals surface area contributed by atoms with E-state index in [1.807, 2.05) is 16.8 Å². The molecular weight excluding hydrogens is 262 g/mol. The molecule has 5 nitrogen and oxygen atoms in total. The highest BCUT2D eigenvalue weighted by atomic mass is 35.5. The van der Waals surface area contributed by atoms with E-state index < -0.39 is 0 Å². The molecule has 2 rings (SSSR count). The Morgan fingerprint density at radius 2 is 2.11 bits per heavy atom. The number of nitrogens with two attached hydrogens (primary N) is 1. The van der Waals surface area contributed by atoms with Gasteiger partial charge >= 0.3 is 0 Å². The quantitative estimate of drug-likeness (QED) is 0.873. The molecule has 1 atom stereocenters. The van der Waals surface area contributed by atoms with E-state index in [4.69, 9.17) is 17.3 Å². The molecule has 19 heavy (non-hydrogen) atoms. The summed E-state index contributed by atoms with van der Waals surface area (Å²) < 4.78 is 1.84. The van der Waals surface area contributed by atoms with Gasteiger partial charge in [0, 0.05) is 5.56 Å². The second kappa shape index (κ2) is 5.57. The minimum absolute atomic E-state index is 0.238. The lowest BCUT2D eigenvalue weighted by molar-refractivity contribution is 0.333. The number of rotatable bonds is 4. The number of benzene rings is 1. The maximum absolute atomic E-state index is 6.25. The molecule has 0 amide bonds. The monoisotopic (exact) mass is 279 g/mol. The van der Waals surface area contributed by atoms with Crippen LogP contribution in [0.15, 0.2) is 18.2 Å². The number of halogens is 1. The van der Waals surface area contributed by atoms with Gasteiger partial charge in [0.1, 0.15) is 0 Å². The van der Waals surface area contributed by atoms with Crippen LogP contribution in [0, 0.1) is 5.92 Å². The van der Waals surface area contributed by atoms with Crippen LogP contribution in [-0.4, -0.2) is 20.2 Å². The minimum atomic E-state index is 0.238. The molecule has 1 heterocycles. The van der Waals surface area contributed by atoms with E-state index in [9.17, 15) is 0 Å². The highest BCUT2D eigenvalue weighted by Gasteiger charge is 2.21. The Bertz CT molecular complexity index is 564. The number of anilines is 1. The van der Waals surface area contributed by atoms with Gasteiger partial charge in [-0.1, -0.05) is 38.4 Å². The molecule has 0 saturated heterocycles. The SMILES string of the molecule is CCC(C(C)C)n1nnnc1-c1cccc(N)c1Cl. The average molecular weight is 280 g/mol. The number of hydrogen-bond acceptors (Lipinski definition) is 4. The molecule has 0 radical (unpaired) electrons. The van der Waals surface area contributed by atoms with Crippen LogP contribution in [0.5, 0.6) is 0 Å².